The summed E-state index contributed by atoms with van der Waals surface area (Å²) in [5.74, 6) is 0.680. The molecule has 1 unspecified atom stereocenters. The van der Waals surface area contributed by atoms with Gasteiger partial charge in [-0.2, -0.15) is 0 Å². The van der Waals surface area contributed by atoms with Crippen LogP contribution >= 0.6 is 15.1 Å². The Labute approximate surface area is 234 Å². The quantitative estimate of drug-likeness (QED) is 0.199. The van der Waals surface area contributed by atoms with E-state index in [1.807, 2.05) is 66.7 Å². The first kappa shape index (κ1) is 26.0. The van der Waals surface area contributed by atoms with Crippen LogP contribution in [0, 0.1) is 0 Å². The monoisotopic (exact) mass is 544 g/mol. The van der Waals surface area contributed by atoms with Crippen molar-refractivity contribution in [3.63, 3.8) is 0 Å². The Morgan fingerprint density at radius 1 is 0.513 bits per heavy atom. The molecule has 3 heteroatoms. The molecule has 1 fully saturated rings. The summed E-state index contributed by atoms with van der Waals surface area (Å²) in [5.41, 5.74) is 1.47. The first-order chi connectivity index (χ1) is 19.2. The van der Waals surface area contributed by atoms with Gasteiger partial charge in [0.2, 0.25) is 0 Å². The van der Waals surface area contributed by atoms with Crippen molar-refractivity contribution in [2.24, 2.45) is 0 Å². The maximum Gasteiger partial charge on any atom is 0.171 e. The number of benzene rings is 5. The second-order valence-corrected chi connectivity index (χ2v) is 15.3. The Bertz CT molecular complexity index is 1500. The fraction of sp³-hybridized carbons (Fsp3) is 0.167. The van der Waals surface area contributed by atoms with Crippen molar-refractivity contribution in [2.75, 3.05) is 0 Å². The zero-order chi connectivity index (χ0) is 26.5. The molecule has 0 heterocycles. The van der Waals surface area contributed by atoms with Crippen LogP contribution in [-0.2, 0) is 4.57 Å². The van der Waals surface area contributed by atoms with E-state index >= 15 is 4.57 Å². The molecule has 0 N–H and O–H groups in total. The molecule has 1 saturated carbocycles. The molecule has 0 aliphatic heterocycles. The van der Waals surface area contributed by atoms with Gasteiger partial charge in [-0.05, 0) is 48.2 Å². The van der Waals surface area contributed by atoms with E-state index in [0.717, 1.165) is 15.9 Å². The van der Waals surface area contributed by atoms with E-state index in [4.69, 9.17) is 0 Å². The molecule has 194 valence electrons. The smallest absolute Gasteiger partial charge is 0.171 e. The molecule has 1 aliphatic carbocycles. The highest BCUT2D eigenvalue weighted by Gasteiger charge is 2.34. The highest BCUT2D eigenvalue weighted by Crippen LogP contribution is 2.45. The predicted octanol–water partition coefficient (Wildman–Crippen LogP) is 7.13. The van der Waals surface area contributed by atoms with Gasteiger partial charge in [0.1, 0.15) is 0 Å². The SMILES string of the molecule is O=P(c1ccccc1)(c1ccccc1)c1ccccc1P(c1ccccc1)c1ccc(C2CCCCC2)cc1. The van der Waals surface area contributed by atoms with Crippen molar-refractivity contribution in [1.82, 2.24) is 0 Å². The number of hydrogen-bond acceptors (Lipinski definition) is 1. The van der Waals surface area contributed by atoms with E-state index in [2.05, 4.69) is 72.8 Å². The van der Waals surface area contributed by atoms with Crippen molar-refractivity contribution >= 4 is 46.9 Å². The van der Waals surface area contributed by atoms with Crippen molar-refractivity contribution in [2.45, 2.75) is 38.0 Å². The number of hydrogen-bond donors (Lipinski definition) is 0. The second kappa shape index (κ2) is 11.9. The third kappa shape index (κ3) is 5.32. The molecule has 0 saturated heterocycles. The molecule has 0 spiro atoms. The Morgan fingerprint density at radius 2 is 1.00 bits per heavy atom. The van der Waals surface area contributed by atoms with Crippen LogP contribution in [0.5, 0.6) is 0 Å². The molecule has 5 aromatic rings. The van der Waals surface area contributed by atoms with Gasteiger partial charge >= 0.3 is 0 Å². The van der Waals surface area contributed by atoms with E-state index in [1.165, 1.54) is 53.6 Å². The Morgan fingerprint density at radius 3 is 1.59 bits per heavy atom. The fourth-order valence-corrected chi connectivity index (χ4v) is 11.7. The third-order valence-corrected chi connectivity index (χ3v) is 13.7. The van der Waals surface area contributed by atoms with E-state index in [0.29, 0.717) is 5.92 Å². The average molecular weight is 545 g/mol. The molecule has 39 heavy (non-hydrogen) atoms. The maximum absolute atomic E-state index is 15.5. The van der Waals surface area contributed by atoms with Crippen LogP contribution in [0.3, 0.4) is 0 Å². The van der Waals surface area contributed by atoms with Crippen LogP contribution in [0.25, 0.3) is 0 Å². The average Bonchev–Trinajstić information content (AvgIpc) is 3.03. The van der Waals surface area contributed by atoms with Gasteiger partial charge in [0.25, 0.3) is 0 Å². The third-order valence-electron chi connectivity index (χ3n) is 7.94. The standard InChI is InChI=1S/C36H34OP2/c37-39(33-19-9-3-10-20-33,34-21-11-4-12-22-34)36-24-14-13-23-35(36)38(31-17-7-2-8-18-31)32-27-25-30(26-28-32)29-15-5-1-6-16-29/h2-4,7-14,17-29H,1,5-6,15-16H2. The van der Waals surface area contributed by atoms with Crippen LogP contribution in [0.2, 0.25) is 0 Å². The molecule has 1 nitrogen and oxygen atoms in total. The lowest BCUT2D eigenvalue weighted by Gasteiger charge is -2.28. The van der Waals surface area contributed by atoms with Crippen LogP contribution < -0.4 is 31.8 Å². The minimum Gasteiger partial charge on any atom is -0.309 e. The summed E-state index contributed by atoms with van der Waals surface area (Å²) in [5, 5.41) is 6.43. The van der Waals surface area contributed by atoms with Gasteiger partial charge in [0.15, 0.2) is 7.14 Å². The lowest BCUT2D eigenvalue weighted by atomic mass is 9.84. The lowest BCUT2D eigenvalue weighted by molar-refractivity contribution is 0.443. The zero-order valence-electron chi connectivity index (χ0n) is 22.2. The molecule has 0 aromatic heterocycles. The van der Waals surface area contributed by atoms with E-state index in [9.17, 15) is 0 Å². The van der Waals surface area contributed by atoms with Crippen molar-refractivity contribution in [3.05, 3.63) is 145 Å². The first-order valence-corrected chi connectivity index (χ1v) is 17.1. The molecular weight excluding hydrogens is 510 g/mol. The molecule has 1 aliphatic rings. The van der Waals surface area contributed by atoms with Gasteiger partial charge in [-0.1, -0.05) is 159 Å². The summed E-state index contributed by atoms with van der Waals surface area (Å²) >= 11 is 0. The van der Waals surface area contributed by atoms with Gasteiger partial charge in [-0.25, -0.2) is 0 Å². The van der Waals surface area contributed by atoms with Crippen LogP contribution in [0.15, 0.2) is 140 Å². The van der Waals surface area contributed by atoms with Gasteiger partial charge in [-0.15, -0.1) is 0 Å². The van der Waals surface area contributed by atoms with Crippen molar-refractivity contribution in [3.8, 4) is 0 Å². The number of rotatable bonds is 7. The molecule has 5 aromatic carbocycles. The minimum absolute atomic E-state index is 0.680. The van der Waals surface area contributed by atoms with E-state index in [-0.39, 0.29) is 0 Å². The zero-order valence-corrected chi connectivity index (χ0v) is 24.0. The summed E-state index contributed by atoms with van der Waals surface area (Å²) in [6.45, 7) is 0. The summed E-state index contributed by atoms with van der Waals surface area (Å²) in [7, 11) is -4.04. The Balaban J connectivity index is 1.53. The molecule has 6 rings (SSSR count). The maximum atomic E-state index is 15.5. The lowest BCUT2D eigenvalue weighted by Crippen LogP contribution is -2.36. The van der Waals surface area contributed by atoms with Crippen LogP contribution in [-0.4, -0.2) is 0 Å². The largest absolute Gasteiger partial charge is 0.309 e. The Hall–Kier alpha value is -3.24. The summed E-state index contributed by atoms with van der Waals surface area (Å²) < 4.78 is 15.5. The molecular formula is C36H34OP2. The highest BCUT2D eigenvalue weighted by molar-refractivity contribution is 7.88. The summed E-state index contributed by atoms with van der Waals surface area (Å²) in [4.78, 5) is 0. The molecule has 1 atom stereocenters. The van der Waals surface area contributed by atoms with Gasteiger partial charge in [-0.3, -0.25) is 0 Å². The highest BCUT2D eigenvalue weighted by atomic mass is 31.2. The van der Waals surface area contributed by atoms with Gasteiger partial charge < -0.3 is 4.57 Å². The predicted molar refractivity (Wildman–Crippen MR) is 170 cm³/mol. The van der Waals surface area contributed by atoms with Crippen molar-refractivity contribution in [1.29, 1.82) is 0 Å². The van der Waals surface area contributed by atoms with Gasteiger partial charge in [0.05, 0.1) is 0 Å². The molecule has 0 radical (unpaired) electrons. The van der Waals surface area contributed by atoms with Crippen LogP contribution in [0.1, 0.15) is 43.6 Å². The summed E-state index contributed by atoms with van der Waals surface area (Å²) in [6.07, 6.45) is 6.64. The summed E-state index contributed by atoms with van der Waals surface area (Å²) in [6, 6.07) is 48.7. The topological polar surface area (TPSA) is 17.1 Å². The minimum atomic E-state index is -3.12. The second-order valence-electron chi connectivity index (χ2n) is 10.4. The Kier molecular flexibility index (Phi) is 7.92. The van der Waals surface area contributed by atoms with Crippen LogP contribution in [0.4, 0.5) is 0 Å². The normalized spacial score (nSPS) is 15.1. The van der Waals surface area contributed by atoms with Crippen molar-refractivity contribution < 1.29 is 4.57 Å². The molecule has 0 amide bonds. The first-order valence-electron chi connectivity index (χ1n) is 14.0. The van der Waals surface area contributed by atoms with E-state index in [1.54, 1.807) is 0 Å². The van der Waals surface area contributed by atoms with E-state index < -0.39 is 15.1 Å². The van der Waals surface area contributed by atoms with Gasteiger partial charge in [0, 0.05) is 15.9 Å². The molecule has 0 bridgehead atoms. The fourth-order valence-electron chi connectivity index (χ4n) is 5.96.